The summed E-state index contributed by atoms with van der Waals surface area (Å²) in [5.41, 5.74) is 2.69. The number of hydrogen-bond acceptors (Lipinski definition) is 5. The Morgan fingerprint density at radius 1 is 1.04 bits per heavy atom. The van der Waals surface area contributed by atoms with Gasteiger partial charge < -0.3 is 9.80 Å². The van der Waals surface area contributed by atoms with E-state index in [1.54, 1.807) is 12.4 Å². The summed E-state index contributed by atoms with van der Waals surface area (Å²) in [4.78, 5) is 13.5. The molecule has 0 spiro atoms. The molecule has 0 radical (unpaired) electrons. The SMILES string of the molecule is CN1CCN(c2ncc(-c3ccncc3)c3c(C#N)cccc23)CC1. The molecular weight excluding hydrogens is 310 g/mol. The predicted molar refractivity (Wildman–Crippen MR) is 99.4 cm³/mol. The van der Waals surface area contributed by atoms with E-state index in [1.807, 2.05) is 30.5 Å². The van der Waals surface area contributed by atoms with E-state index < -0.39 is 0 Å². The fourth-order valence-corrected chi connectivity index (χ4v) is 3.40. The van der Waals surface area contributed by atoms with E-state index in [0.717, 1.165) is 53.9 Å². The molecule has 25 heavy (non-hydrogen) atoms. The lowest BCUT2D eigenvalue weighted by atomic mass is 9.97. The summed E-state index contributed by atoms with van der Waals surface area (Å²) in [7, 11) is 2.14. The molecule has 1 aromatic carbocycles. The maximum atomic E-state index is 9.64. The summed E-state index contributed by atoms with van der Waals surface area (Å²) in [6.45, 7) is 3.94. The third kappa shape index (κ3) is 2.81. The van der Waals surface area contributed by atoms with Gasteiger partial charge in [-0.2, -0.15) is 5.26 Å². The molecule has 0 aliphatic carbocycles. The van der Waals surface area contributed by atoms with Crippen LogP contribution in [0.3, 0.4) is 0 Å². The van der Waals surface area contributed by atoms with E-state index >= 15 is 0 Å². The molecule has 1 saturated heterocycles. The van der Waals surface area contributed by atoms with Crippen LogP contribution in [0.25, 0.3) is 21.9 Å². The number of pyridine rings is 2. The monoisotopic (exact) mass is 329 g/mol. The number of likely N-dealkylation sites (N-methyl/N-ethyl adjacent to an activating group) is 1. The van der Waals surface area contributed by atoms with Gasteiger partial charge >= 0.3 is 0 Å². The maximum Gasteiger partial charge on any atom is 0.136 e. The van der Waals surface area contributed by atoms with Crippen LogP contribution >= 0.6 is 0 Å². The van der Waals surface area contributed by atoms with Crippen LogP contribution in [0.4, 0.5) is 5.82 Å². The first kappa shape index (κ1) is 15.6. The zero-order valence-corrected chi connectivity index (χ0v) is 14.2. The summed E-state index contributed by atoms with van der Waals surface area (Å²) in [6, 6.07) is 12.2. The average Bonchev–Trinajstić information content (AvgIpc) is 2.68. The standard InChI is InChI=1S/C20H19N5/c1-24-9-11-25(12-10-24)20-17-4-2-3-16(13-21)19(17)18(14-23-20)15-5-7-22-8-6-15/h2-8,14H,9-12H2,1H3. The topological polar surface area (TPSA) is 56.1 Å². The van der Waals surface area contributed by atoms with Gasteiger partial charge in [0.1, 0.15) is 5.82 Å². The molecule has 0 bridgehead atoms. The molecule has 0 unspecified atom stereocenters. The van der Waals surface area contributed by atoms with Crippen molar-refractivity contribution in [2.24, 2.45) is 0 Å². The van der Waals surface area contributed by atoms with Crippen LogP contribution in [0, 0.1) is 11.3 Å². The second kappa shape index (κ2) is 6.50. The van der Waals surface area contributed by atoms with E-state index in [4.69, 9.17) is 4.98 Å². The molecule has 3 heterocycles. The molecule has 1 aliphatic heterocycles. The molecule has 2 aromatic heterocycles. The van der Waals surface area contributed by atoms with Crippen LogP contribution in [0.1, 0.15) is 5.56 Å². The normalized spacial score (nSPS) is 15.3. The summed E-state index contributed by atoms with van der Waals surface area (Å²) in [5.74, 6) is 0.970. The highest BCUT2D eigenvalue weighted by atomic mass is 15.3. The highest BCUT2D eigenvalue weighted by molar-refractivity contribution is 6.05. The van der Waals surface area contributed by atoms with Crippen molar-refractivity contribution in [1.82, 2.24) is 14.9 Å². The van der Waals surface area contributed by atoms with Crippen molar-refractivity contribution >= 4 is 16.6 Å². The molecule has 0 saturated carbocycles. The minimum absolute atomic E-state index is 0.682. The van der Waals surface area contributed by atoms with E-state index in [-0.39, 0.29) is 0 Å². The van der Waals surface area contributed by atoms with E-state index in [0.29, 0.717) is 5.56 Å². The van der Waals surface area contributed by atoms with Gasteiger partial charge in [0.2, 0.25) is 0 Å². The highest BCUT2D eigenvalue weighted by Crippen LogP contribution is 2.35. The number of hydrogen-bond donors (Lipinski definition) is 0. The van der Waals surface area contributed by atoms with Crippen molar-refractivity contribution in [2.45, 2.75) is 0 Å². The maximum absolute atomic E-state index is 9.64. The summed E-state index contributed by atoms with van der Waals surface area (Å²) < 4.78 is 0. The lowest BCUT2D eigenvalue weighted by Gasteiger charge is -2.34. The van der Waals surface area contributed by atoms with E-state index in [2.05, 4.69) is 34.0 Å². The molecule has 5 nitrogen and oxygen atoms in total. The average molecular weight is 329 g/mol. The molecule has 4 rings (SSSR count). The Balaban J connectivity index is 1.92. The van der Waals surface area contributed by atoms with Crippen LogP contribution < -0.4 is 4.90 Å². The third-order valence-electron chi connectivity index (χ3n) is 4.81. The second-order valence-corrected chi connectivity index (χ2v) is 6.36. The second-order valence-electron chi connectivity index (χ2n) is 6.36. The minimum Gasteiger partial charge on any atom is -0.354 e. The Morgan fingerprint density at radius 3 is 2.52 bits per heavy atom. The zero-order chi connectivity index (χ0) is 17.2. The Bertz CT molecular complexity index is 937. The molecule has 124 valence electrons. The van der Waals surface area contributed by atoms with Crippen molar-refractivity contribution in [3.8, 4) is 17.2 Å². The summed E-state index contributed by atoms with van der Waals surface area (Å²) in [5, 5.41) is 11.7. The van der Waals surface area contributed by atoms with Crippen LogP contribution in [-0.4, -0.2) is 48.1 Å². The number of nitrogens with zero attached hydrogens (tertiary/aromatic N) is 5. The van der Waals surface area contributed by atoms with Crippen LogP contribution in [0.2, 0.25) is 0 Å². The number of nitriles is 1. The lowest BCUT2D eigenvalue weighted by molar-refractivity contribution is 0.312. The molecule has 0 atom stereocenters. The van der Waals surface area contributed by atoms with Gasteiger partial charge in [-0.1, -0.05) is 12.1 Å². The van der Waals surface area contributed by atoms with Crippen molar-refractivity contribution in [3.05, 3.63) is 54.5 Å². The molecule has 0 amide bonds. The smallest absolute Gasteiger partial charge is 0.136 e. The summed E-state index contributed by atoms with van der Waals surface area (Å²) in [6.07, 6.45) is 5.43. The molecular formula is C20H19N5. The minimum atomic E-state index is 0.682. The van der Waals surface area contributed by atoms with E-state index in [9.17, 15) is 5.26 Å². The van der Waals surface area contributed by atoms with Crippen molar-refractivity contribution < 1.29 is 0 Å². The molecule has 5 heteroatoms. The fourth-order valence-electron chi connectivity index (χ4n) is 3.40. The number of anilines is 1. The number of piperazine rings is 1. The first-order chi connectivity index (χ1) is 12.3. The van der Waals surface area contributed by atoms with Gasteiger partial charge in [0.15, 0.2) is 0 Å². The van der Waals surface area contributed by atoms with E-state index in [1.165, 1.54) is 0 Å². The molecule has 0 N–H and O–H groups in total. The molecule has 1 fully saturated rings. The molecule has 3 aromatic rings. The Labute approximate surface area is 147 Å². The number of fused-ring (bicyclic) bond motifs is 1. The Kier molecular flexibility index (Phi) is 4.04. The Hall–Kier alpha value is -2.97. The van der Waals surface area contributed by atoms with Gasteiger partial charge in [-0.3, -0.25) is 4.98 Å². The Morgan fingerprint density at radius 2 is 1.80 bits per heavy atom. The quantitative estimate of drug-likeness (QED) is 0.723. The first-order valence-electron chi connectivity index (χ1n) is 8.43. The van der Waals surface area contributed by atoms with Crippen molar-refractivity contribution in [2.75, 3.05) is 38.1 Å². The molecule has 1 aliphatic rings. The zero-order valence-electron chi connectivity index (χ0n) is 14.2. The largest absolute Gasteiger partial charge is 0.354 e. The number of benzene rings is 1. The van der Waals surface area contributed by atoms with Crippen LogP contribution in [0.15, 0.2) is 48.9 Å². The highest BCUT2D eigenvalue weighted by Gasteiger charge is 2.20. The van der Waals surface area contributed by atoms with Gasteiger partial charge in [0, 0.05) is 61.1 Å². The van der Waals surface area contributed by atoms with Crippen LogP contribution in [-0.2, 0) is 0 Å². The number of rotatable bonds is 2. The van der Waals surface area contributed by atoms with Gasteiger partial charge in [-0.25, -0.2) is 4.98 Å². The fraction of sp³-hybridized carbons (Fsp3) is 0.250. The first-order valence-corrected chi connectivity index (χ1v) is 8.43. The van der Waals surface area contributed by atoms with Gasteiger partial charge in [-0.15, -0.1) is 0 Å². The van der Waals surface area contributed by atoms with Gasteiger partial charge in [0.05, 0.1) is 11.6 Å². The summed E-state index contributed by atoms with van der Waals surface area (Å²) >= 11 is 0. The third-order valence-corrected chi connectivity index (χ3v) is 4.81. The van der Waals surface area contributed by atoms with Gasteiger partial charge in [0.25, 0.3) is 0 Å². The van der Waals surface area contributed by atoms with Gasteiger partial charge in [-0.05, 0) is 30.8 Å². The lowest BCUT2D eigenvalue weighted by Crippen LogP contribution is -2.44. The number of aromatic nitrogens is 2. The predicted octanol–water partition coefficient (Wildman–Crippen LogP) is 2.92. The van der Waals surface area contributed by atoms with Crippen molar-refractivity contribution in [1.29, 1.82) is 5.26 Å². The van der Waals surface area contributed by atoms with Crippen LogP contribution in [0.5, 0.6) is 0 Å². The van der Waals surface area contributed by atoms with Crippen molar-refractivity contribution in [3.63, 3.8) is 0 Å².